The van der Waals surface area contributed by atoms with Gasteiger partial charge in [-0.15, -0.1) is 11.3 Å². The van der Waals surface area contributed by atoms with Crippen LogP contribution in [0.25, 0.3) is 70.6 Å². The summed E-state index contributed by atoms with van der Waals surface area (Å²) in [5, 5.41) is 6.16. The Morgan fingerprint density at radius 3 is 1.88 bits per heavy atom. The molecule has 1 aliphatic carbocycles. The van der Waals surface area contributed by atoms with Gasteiger partial charge in [0, 0.05) is 65.0 Å². The summed E-state index contributed by atoms with van der Waals surface area (Å²) in [4.78, 5) is 5.11. The highest BCUT2D eigenvalue weighted by Crippen LogP contribution is 2.56. The minimum atomic E-state index is -0.136. The van der Waals surface area contributed by atoms with Gasteiger partial charge in [0.15, 0.2) is 0 Å². The number of furan rings is 1. The van der Waals surface area contributed by atoms with Crippen molar-refractivity contribution in [1.29, 1.82) is 0 Å². The summed E-state index contributed by atoms with van der Waals surface area (Å²) in [6.07, 6.45) is 2.30. The minimum Gasteiger partial charge on any atom is -0.455 e. The van der Waals surface area contributed by atoms with Crippen LogP contribution in [0.1, 0.15) is 104 Å². The predicted octanol–water partition coefficient (Wildman–Crippen LogP) is 17.5. The molecular weight excluding hydrogens is 894 g/mol. The maximum absolute atomic E-state index is 7.42. The molecule has 72 heavy (non-hydrogen) atoms. The Kier molecular flexibility index (Phi) is 8.99. The van der Waals surface area contributed by atoms with Gasteiger partial charge < -0.3 is 18.7 Å². The van der Waals surface area contributed by atoms with Crippen molar-refractivity contribution in [3.8, 4) is 16.8 Å². The van der Waals surface area contributed by atoms with Crippen LogP contribution in [-0.2, 0) is 21.7 Å². The zero-order valence-corrected chi connectivity index (χ0v) is 44.0. The molecule has 5 heterocycles. The normalized spacial score (nSPS) is 15.7. The third-order valence-electron chi connectivity index (χ3n) is 16.9. The van der Waals surface area contributed by atoms with E-state index in [4.69, 9.17) is 4.42 Å². The summed E-state index contributed by atoms with van der Waals surface area (Å²) < 4.78 is 12.8. The van der Waals surface area contributed by atoms with Gasteiger partial charge in [-0.2, -0.15) is 0 Å². The van der Waals surface area contributed by atoms with E-state index in [1.165, 1.54) is 98.0 Å². The van der Waals surface area contributed by atoms with E-state index >= 15 is 0 Å². The van der Waals surface area contributed by atoms with Crippen LogP contribution in [-0.4, -0.2) is 11.4 Å². The summed E-state index contributed by atoms with van der Waals surface area (Å²) in [6.45, 7) is 23.7. The van der Waals surface area contributed by atoms with Crippen molar-refractivity contribution in [3.63, 3.8) is 0 Å². The van der Waals surface area contributed by atoms with E-state index in [0.29, 0.717) is 0 Å². The van der Waals surface area contributed by atoms with Crippen molar-refractivity contribution < 1.29 is 4.42 Å². The van der Waals surface area contributed by atoms with Gasteiger partial charge in [-0.05, 0) is 153 Å². The van der Waals surface area contributed by atoms with Crippen LogP contribution >= 0.6 is 11.3 Å². The van der Waals surface area contributed by atoms with Gasteiger partial charge >= 0.3 is 6.85 Å². The van der Waals surface area contributed by atoms with Gasteiger partial charge in [0.2, 0.25) is 0 Å². The van der Waals surface area contributed by atoms with Gasteiger partial charge in [0.1, 0.15) is 11.2 Å². The molecule has 0 unspecified atom stereocenters. The maximum Gasteiger partial charge on any atom is 0.343 e. The van der Waals surface area contributed by atoms with Crippen LogP contribution in [0.3, 0.4) is 0 Å². The Morgan fingerprint density at radius 2 is 1.21 bits per heavy atom. The number of hydrogen-bond acceptors (Lipinski definition) is 4. The summed E-state index contributed by atoms with van der Waals surface area (Å²) in [7, 11) is 0. The Balaban J connectivity index is 1.21. The molecule has 2 aliphatic heterocycles. The van der Waals surface area contributed by atoms with E-state index in [1.54, 1.807) is 0 Å². The van der Waals surface area contributed by atoms with Crippen LogP contribution in [0.2, 0.25) is 0 Å². The molecule has 0 bridgehead atoms. The van der Waals surface area contributed by atoms with Crippen LogP contribution in [0, 0.1) is 0 Å². The van der Waals surface area contributed by atoms with E-state index in [0.717, 1.165) is 46.5 Å². The first-order valence-electron chi connectivity index (χ1n) is 26.0. The second-order valence-electron chi connectivity index (χ2n) is 24.4. The molecular formula is C66H60BN3OS. The lowest BCUT2D eigenvalue weighted by Crippen LogP contribution is -2.59. The first kappa shape index (κ1) is 43.7. The molecule has 0 amide bonds. The highest BCUT2D eigenvalue weighted by atomic mass is 32.1. The molecule has 6 heteroatoms. The topological polar surface area (TPSA) is 24.6 Å². The molecule has 0 atom stereocenters. The molecule has 0 radical (unpaired) electrons. The first-order valence-corrected chi connectivity index (χ1v) is 26.8. The number of para-hydroxylation sites is 3. The first-order chi connectivity index (χ1) is 34.5. The van der Waals surface area contributed by atoms with Crippen molar-refractivity contribution in [3.05, 3.63) is 180 Å². The van der Waals surface area contributed by atoms with Gasteiger partial charge in [-0.3, -0.25) is 0 Å². The molecule has 0 saturated heterocycles. The van der Waals surface area contributed by atoms with Crippen LogP contribution < -0.4 is 20.0 Å². The average molecular weight is 954 g/mol. The third-order valence-corrected chi connectivity index (χ3v) is 18.1. The van der Waals surface area contributed by atoms with Gasteiger partial charge in [-0.25, -0.2) is 0 Å². The van der Waals surface area contributed by atoms with Crippen molar-refractivity contribution in [1.82, 2.24) is 4.57 Å². The Hall–Kier alpha value is -7.02. The van der Waals surface area contributed by atoms with Gasteiger partial charge in [-0.1, -0.05) is 142 Å². The quantitative estimate of drug-likeness (QED) is 0.164. The minimum absolute atomic E-state index is 0.00968. The summed E-state index contributed by atoms with van der Waals surface area (Å²) >= 11 is 1.98. The van der Waals surface area contributed by atoms with E-state index < -0.39 is 0 Å². The largest absolute Gasteiger partial charge is 0.455 e. The lowest BCUT2D eigenvalue weighted by Gasteiger charge is -2.42. The number of benzene rings is 8. The molecule has 4 nitrogen and oxygen atoms in total. The second-order valence-corrected chi connectivity index (χ2v) is 25.5. The number of aromatic nitrogens is 1. The van der Waals surface area contributed by atoms with Crippen molar-refractivity contribution in [2.45, 2.75) is 104 Å². The maximum atomic E-state index is 7.42. The predicted molar refractivity (Wildman–Crippen MR) is 310 cm³/mol. The van der Waals surface area contributed by atoms with E-state index in [1.807, 2.05) is 11.3 Å². The number of hydrogen-bond donors (Lipinski definition) is 0. The Bertz CT molecular complexity index is 4030. The van der Waals surface area contributed by atoms with E-state index in [9.17, 15) is 0 Å². The lowest BCUT2D eigenvalue weighted by atomic mass is 9.47. The van der Waals surface area contributed by atoms with E-state index in [2.05, 4.69) is 241 Å². The fourth-order valence-electron chi connectivity index (χ4n) is 12.9. The van der Waals surface area contributed by atoms with Crippen molar-refractivity contribution >= 4 is 111 Å². The number of nitrogens with zero attached hydrogens (tertiary/aromatic N) is 3. The summed E-state index contributed by atoms with van der Waals surface area (Å²) in [6, 6.07) is 59.7. The smallest absolute Gasteiger partial charge is 0.343 e. The zero-order valence-electron chi connectivity index (χ0n) is 43.2. The Morgan fingerprint density at radius 1 is 0.583 bits per heavy atom. The summed E-state index contributed by atoms with van der Waals surface area (Å²) in [5.74, 6) is 0. The molecule has 11 aromatic rings. The fraction of sp³-hybridized carbons (Fsp3) is 0.242. The lowest BCUT2D eigenvalue weighted by molar-refractivity contribution is 0.332. The molecule has 3 aromatic heterocycles. The van der Waals surface area contributed by atoms with Crippen LogP contribution in [0.5, 0.6) is 0 Å². The van der Waals surface area contributed by atoms with Gasteiger partial charge in [0.25, 0.3) is 0 Å². The van der Waals surface area contributed by atoms with Crippen LogP contribution in [0.4, 0.5) is 28.4 Å². The van der Waals surface area contributed by atoms with Crippen LogP contribution in [0.15, 0.2) is 162 Å². The molecule has 354 valence electrons. The molecule has 0 saturated carbocycles. The number of fused-ring (bicyclic) bond motifs is 16. The molecule has 8 aromatic carbocycles. The summed E-state index contributed by atoms with van der Waals surface area (Å²) in [5.41, 5.74) is 20.9. The molecule has 3 aliphatic rings. The molecule has 0 N–H and O–H groups in total. The second kappa shape index (κ2) is 14.8. The number of thiophene rings is 1. The number of anilines is 5. The zero-order chi connectivity index (χ0) is 49.4. The monoisotopic (exact) mass is 953 g/mol. The molecule has 0 spiro atoms. The van der Waals surface area contributed by atoms with Crippen molar-refractivity contribution in [2.24, 2.45) is 0 Å². The Labute approximate surface area is 427 Å². The average Bonchev–Trinajstić information content (AvgIpc) is 4.05. The standard InChI is InChI=1S/C66H60BN3OS/c1-63(2,3)39-25-28-43(29-26-39)70-51-31-30-44(68(41-19-13-11-14-20-41)42-21-15-12-16-22-42)36-46(51)55-56-45-23-17-18-24-53(45)71-61(56)57-47-37-49-50(66(9,10)34-33-65(49,7)8)38-52(47)69-59-48-35-40(64(4,5)6)27-32-54(48)72-62(59)67(70)58(55)60(57)69/h11-32,35-38H,33-34H2,1-10H3. The SMILES string of the molecule is CC(C)(C)c1ccc(N2B3c4sc5ccc(C(C)(C)C)cc5c4-n4c5cc6c(cc5c5c7oc8ccccc8c7c(c3c54)-c3cc(N(c4ccccc4)c4ccccc4)ccc32)C(C)(C)CCC6(C)C)cc1. The van der Waals surface area contributed by atoms with Gasteiger partial charge in [0.05, 0.1) is 22.1 Å². The third kappa shape index (κ3) is 6.11. The highest BCUT2D eigenvalue weighted by Gasteiger charge is 2.48. The highest BCUT2D eigenvalue weighted by molar-refractivity contribution is 7.32. The van der Waals surface area contributed by atoms with E-state index in [-0.39, 0.29) is 28.5 Å². The van der Waals surface area contributed by atoms with Crippen molar-refractivity contribution in [2.75, 3.05) is 9.71 Å². The molecule has 14 rings (SSSR count). The fourth-order valence-corrected chi connectivity index (χ4v) is 14.2. The molecule has 0 fully saturated rings. The number of rotatable bonds is 4.